The van der Waals surface area contributed by atoms with Gasteiger partial charge in [-0.2, -0.15) is 5.26 Å². The van der Waals surface area contributed by atoms with Crippen LogP contribution in [0.3, 0.4) is 0 Å². The number of benzene rings is 1. The topological polar surface area (TPSA) is 40.9 Å². The molecule has 1 aromatic carbocycles. The first kappa shape index (κ1) is 14.5. The molecule has 0 aliphatic carbocycles. The van der Waals surface area contributed by atoms with Gasteiger partial charge in [0.2, 0.25) is 0 Å². The van der Waals surface area contributed by atoms with Gasteiger partial charge in [-0.3, -0.25) is 4.79 Å². The van der Waals surface area contributed by atoms with Crippen LogP contribution in [0.1, 0.15) is 32.8 Å². The van der Waals surface area contributed by atoms with Crippen LogP contribution in [0.15, 0.2) is 29.8 Å². The molecule has 0 N–H and O–H groups in total. The van der Waals surface area contributed by atoms with Crippen LogP contribution in [0.4, 0.5) is 0 Å². The lowest BCUT2D eigenvalue weighted by Crippen LogP contribution is -2.14. The van der Waals surface area contributed by atoms with Crippen molar-refractivity contribution < 1.29 is 4.79 Å². The van der Waals surface area contributed by atoms with E-state index < -0.39 is 0 Å². The van der Waals surface area contributed by atoms with Crippen molar-refractivity contribution >= 4 is 23.5 Å². The predicted molar refractivity (Wildman–Crippen MR) is 74.1 cm³/mol. The fourth-order valence-electron chi connectivity index (χ4n) is 1.48. The van der Waals surface area contributed by atoms with E-state index in [2.05, 4.69) is 0 Å². The summed E-state index contributed by atoms with van der Waals surface area (Å²) in [5.41, 5.74) is 0.873. The van der Waals surface area contributed by atoms with Crippen molar-refractivity contribution in [1.29, 1.82) is 5.26 Å². The van der Waals surface area contributed by atoms with Crippen LogP contribution in [0, 0.1) is 16.7 Å². The zero-order valence-corrected chi connectivity index (χ0v) is 11.6. The van der Waals surface area contributed by atoms with Gasteiger partial charge in [-0.05, 0) is 29.2 Å². The van der Waals surface area contributed by atoms with Crippen molar-refractivity contribution in [3.05, 3.63) is 40.4 Å². The molecule has 0 aliphatic heterocycles. The largest absolute Gasteiger partial charge is 0.293 e. The highest BCUT2D eigenvalue weighted by Crippen LogP contribution is 2.22. The van der Waals surface area contributed by atoms with E-state index in [1.807, 2.05) is 26.8 Å². The van der Waals surface area contributed by atoms with Gasteiger partial charge >= 0.3 is 0 Å². The van der Waals surface area contributed by atoms with Crippen LogP contribution in [-0.2, 0) is 4.79 Å². The van der Waals surface area contributed by atoms with Crippen molar-refractivity contribution in [2.75, 3.05) is 0 Å². The van der Waals surface area contributed by atoms with Gasteiger partial charge in [0, 0.05) is 11.4 Å². The molecule has 0 fully saturated rings. The van der Waals surface area contributed by atoms with Crippen LogP contribution < -0.4 is 0 Å². The van der Waals surface area contributed by atoms with Gasteiger partial charge in [-0.1, -0.05) is 44.5 Å². The van der Waals surface area contributed by atoms with Crippen molar-refractivity contribution in [2.24, 2.45) is 5.41 Å². The maximum atomic E-state index is 11.9. The molecule has 0 aliphatic rings. The molecule has 0 saturated heterocycles. The molecular weight excluding hydrogens is 246 g/mol. The Morgan fingerprint density at radius 1 is 1.33 bits per heavy atom. The van der Waals surface area contributed by atoms with Gasteiger partial charge in [0.25, 0.3) is 0 Å². The lowest BCUT2D eigenvalue weighted by molar-refractivity contribution is -0.116. The molecule has 0 atom stereocenters. The van der Waals surface area contributed by atoms with Crippen LogP contribution in [0.2, 0.25) is 5.02 Å². The van der Waals surface area contributed by atoms with Crippen LogP contribution in [-0.4, -0.2) is 5.78 Å². The molecule has 3 heteroatoms. The Bertz CT molecular complexity index is 501. The number of nitriles is 1. The molecule has 0 unspecified atom stereocenters. The van der Waals surface area contributed by atoms with Crippen molar-refractivity contribution in [1.82, 2.24) is 0 Å². The molecule has 18 heavy (non-hydrogen) atoms. The van der Waals surface area contributed by atoms with E-state index in [1.54, 1.807) is 30.3 Å². The number of allylic oxidation sites excluding steroid dienone is 1. The molecule has 0 spiro atoms. The lowest BCUT2D eigenvalue weighted by atomic mass is 9.87. The maximum absolute atomic E-state index is 11.9. The summed E-state index contributed by atoms with van der Waals surface area (Å²) in [6.45, 7) is 5.92. The molecule has 0 radical (unpaired) electrons. The lowest BCUT2D eigenvalue weighted by Gasteiger charge is -2.16. The molecule has 0 amide bonds. The monoisotopic (exact) mass is 261 g/mol. The fraction of sp³-hybridized carbons (Fsp3) is 0.333. The van der Waals surface area contributed by atoms with Gasteiger partial charge in [0.1, 0.15) is 6.07 Å². The summed E-state index contributed by atoms with van der Waals surface area (Å²) in [5, 5.41) is 9.68. The number of hydrogen-bond acceptors (Lipinski definition) is 2. The summed E-state index contributed by atoms with van der Waals surface area (Å²) in [7, 11) is 0. The summed E-state index contributed by atoms with van der Waals surface area (Å²) in [6.07, 6.45) is 1.96. The number of nitrogens with zero attached hydrogens (tertiary/aromatic N) is 1. The molecule has 1 rings (SSSR count). The van der Waals surface area contributed by atoms with Gasteiger partial charge < -0.3 is 0 Å². The first-order valence-electron chi connectivity index (χ1n) is 5.72. The number of carbonyl (C=O) groups is 1. The molecular formula is C15H16ClNO. The van der Waals surface area contributed by atoms with Gasteiger partial charge in [0.15, 0.2) is 5.78 Å². The third-order valence-corrected chi connectivity index (χ3v) is 2.54. The summed E-state index contributed by atoms with van der Waals surface area (Å²) in [5.74, 6) is -0.125. The molecule has 94 valence electrons. The summed E-state index contributed by atoms with van der Waals surface area (Å²) in [6, 6.07) is 9.00. The standard InChI is InChI=1S/C15H16ClNO/c1-15(2,3)9-14(18)12(10-17)8-11-4-6-13(16)7-5-11/h4-8H,9H2,1-3H3. The molecule has 0 bridgehead atoms. The molecule has 0 heterocycles. The number of carbonyl (C=O) groups excluding carboxylic acids is 1. The third kappa shape index (κ3) is 4.73. The average molecular weight is 262 g/mol. The Morgan fingerprint density at radius 3 is 2.33 bits per heavy atom. The Hall–Kier alpha value is -1.59. The first-order chi connectivity index (χ1) is 8.31. The zero-order chi connectivity index (χ0) is 13.8. The number of ketones is 1. The second-order valence-corrected chi connectivity index (χ2v) is 5.82. The van der Waals surface area contributed by atoms with Crippen molar-refractivity contribution in [3.8, 4) is 6.07 Å². The summed E-state index contributed by atoms with van der Waals surface area (Å²) >= 11 is 5.78. The molecule has 0 saturated carbocycles. The predicted octanol–water partition coefficient (Wildman–Crippen LogP) is 4.25. The Morgan fingerprint density at radius 2 is 1.89 bits per heavy atom. The maximum Gasteiger partial charge on any atom is 0.173 e. The van der Waals surface area contributed by atoms with E-state index in [1.165, 1.54) is 0 Å². The Balaban J connectivity index is 2.94. The molecule has 1 aromatic rings. The van der Waals surface area contributed by atoms with Gasteiger partial charge in [0.05, 0.1) is 5.57 Å². The van der Waals surface area contributed by atoms with E-state index in [0.29, 0.717) is 11.4 Å². The highest BCUT2D eigenvalue weighted by Gasteiger charge is 2.18. The van der Waals surface area contributed by atoms with E-state index in [-0.39, 0.29) is 16.8 Å². The average Bonchev–Trinajstić information content (AvgIpc) is 2.25. The zero-order valence-electron chi connectivity index (χ0n) is 10.8. The summed E-state index contributed by atoms with van der Waals surface area (Å²) in [4.78, 5) is 11.9. The minimum absolute atomic E-state index is 0.118. The smallest absolute Gasteiger partial charge is 0.173 e. The highest BCUT2D eigenvalue weighted by atomic mass is 35.5. The summed E-state index contributed by atoms with van der Waals surface area (Å²) < 4.78 is 0. The van der Waals surface area contributed by atoms with Crippen LogP contribution in [0.25, 0.3) is 6.08 Å². The first-order valence-corrected chi connectivity index (χ1v) is 6.10. The minimum Gasteiger partial charge on any atom is -0.293 e. The normalized spacial score (nSPS) is 12.1. The molecule has 2 nitrogen and oxygen atoms in total. The van der Waals surface area contributed by atoms with Crippen molar-refractivity contribution in [3.63, 3.8) is 0 Å². The van der Waals surface area contributed by atoms with Gasteiger partial charge in [-0.15, -0.1) is 0 Å². The SMILES string of the molecule is CC(C)(C)CC(=O)C(C#N)=Cc1ccc(Cl)cc1. The van der Waals surface area contributed by atoms with E-state index in [0.717, 1.165) is 5.56 Å². The Kier molecular flexibility index (Phi) is 4.69. The highest BCUT2D eigenvalue weighted by molar-refractivity contribution is 6.30. The van der Waals surface area contributed by atoms with E-state index in [4.69, 9.17) is 16.9 Å². The van der Waals surface area contributed by atoms with Crippen molar-refractivity contribution in [2.45, 2.75) is 27.2 Å². The second kappa shape index (κ2) is 5.84. The number of halogens is 1. The van der Waals surface area contributed by atoms with Crippen LogP contribution >= 0.6 is 11.6 Å². The van der Waals surface area contributed by atoms with Crippen LogP contribution in [0.5, 0.6) is 0 Å². The minimum atomic E-state index is -0.125. The second-order valence-electron chi connectivity index (χ2n) is 5.38. The molecule has 0 aromatic heterocycles. The number of Topliss-reactive ketones (excluding diaryl/α,β-unsaturated/α-hetero) is 1. The quantitative estimate of drug-likeness (QED) is 0.603. The fourth-order valence-corrected chi connectivity index (χ4v) is 1.60. The van der Waals surface area contributed by atoms with E-state index in [9.17, 15) is 4.79 Å². The Labute approximate surface area is 113 Å². The third-order valence-electron chi connectivity index (χ3n) is 2.29. The van der Waals surface area contributed by atoms with E-state index >= 15 is 0 Å². The number of hydrogen-bond donors (Lipinski definition) is 0. The van der Waals surface area contributed by atoms with Gasteiger partial charge in [-0.25, -0.2) is 0 Å². The number of rotatable bonds is 3.